The Bertz CT molecular complexity index is 594. The number of aliphatic hydroxyl groups is 1. The Labute approximate surface area is 144 Å². The summed E-state index contributed by atoms with van der Waals surface area (Å²) in [5.74, 6) is 0.00668. The molecule has 1 aromatic carbocycles. The monoisotopic (exact) mass is 363 g/mol. The number of aliphatic hydroxyl groups excluding tert-OH is 1. The van der Waals surface area contributed by atoms with Gasteiger partial charge in [0.15, 0.2) is 0 Å². The van der Waals surface area contributed by atoms with Crippen LogP contribution in [0.2, 0.25) is 5.02 Å². The van der Waals surface area contributed by atoms with Gasteiger partial charge in [-0.2, -0.15) is 13.2 Å². The molecule has 134 valence electrons. The summed E-state index contributed by atoms with van der Waals surface area (Å²) >= 11 is 5.92. The van der Waals surface area contributed by atoms with Crippen LogP contribution in [0.5, 0.6) is 0 Å². The van der Waals surface area contributed by atoms with Gasteiger partial charge in [0, 0.05) is 41.4 Å². The molecule has 1 aromatic rings. The van der Waals surface area contributed by atoms with Gasteiger partial charge in [0.2, 0.25) is 0 Å². The predicted octanol–water partition coefficient (Wildman–Crippen LogP) is 4.78. The number of alkyl halides is 3. The Morgan fingerprint density at radius 2 is 2.08 bits per heavy atom. The van der Waals surface area contributed by atoms with E-state index in [9.17, 15) is 13.2 Å². The standard InChI is InChI=1S/C17H21ClF3NO2/c18-10-8-12(17(19,20)21)15-14(9-10)22-13(5-1-2-6-23)11-4-3-7-24-16(11)15/h8-9,11,13,16,22-23H,1-7H2/t11-,13+,16-/m0/s1. The number of benzene rings is 1. The molecule has 2 N–H and O–H groups in total. The molecule has 0 saturated carbocycles. The minimum atomic E-state index is -4.47. The third-order valence-electron chi connectivity index (χ3n) is 4.88. The van der Waals surface area contributed by atoms with Crippen molar-refractivity contribution in [2.45, 2.75) is 50.4 Å². The van der Waals surface area contributed by atoms with Crippen molar-refractivity contribution in [1.29, 1.82) is 0 Å². The van der Waals surface area contributed by atoms with Crippen molar-refractivity contribution in [2.24, 2.45) is 5.92 Å². The molecule has 7 heteroatoms. The minimum Gasteiger partial charge on any atom is -0.396 e. The zero-order chi connectivity index (χ0) is 17.3. The first-order valence-electron chi connectivity index (χ1n) is 8.31. The van der Waals surface area contributed by atoms with E-state index in [1.807, 2.05) is 0 Å². The largest absolute Gasteiger partial charge is 0.416 e. The molecule has 24 heavy (non-hydrogen) atoms. The number of halogens is 4. The Kier molecular flexibility index (Phi) is 5.27. The topological polar surface area (TPSA) is 41.5 Å². The third-order valence-corrected chi connectivity index (χ3v) is 5.10. The summed E-state index contributed by atoms with van der Waals surface area (Å²) < 4.78 is 46.3. The van der Waals surface area contributed by atoms with Crippen molar-refractivity contribution in [1.82, 2.24) is 0 Å². The lowest BCUT2D eigenvalue weighted by molar-refractivity contribution is -0.141. The second kappa shape index (κ2) is 7.10. The average Bonchev–Trinajstić information content (AvgIpc) is 2.53. The molecule has 3 nitrogen and oxygen atoms in total. The molecular weight excluding hydrogens is 343 g/mol. The molecule has 2 aliphatic heterocycles. The SMILES string of the molecule is OCCCC[C@H]1Nc2cc(Cl)cc(C(F)(F)F)c2[C@H]2OCCC[C@H]21. The molecule has 0 unspecified atom stereocenters. The highest BCUT2D eigenvalue weighted by Gasteiger charge is 2.45. The number of hydrogen-bond acceptors (Lipinski definition) is 3. The zero-order valence-corrected chi connectivity index (χ0v) is 14.0. The Morgan fingerprint density at radius 3 is 2.79 bits per heavy atom. The van der Waals surface area contributed by atoms with Gasteiger partial charge >= 0.3 is 6.18 Å². The second-order valence-corrected chi connectivity index (χ2v) is 6.92. The lowest BCUT2D eigenvalue weighted by Crippen LogP contribution is -2.42. The number of ether oxygens (including phenoxy) is 1. The van der Waals surface area contributed by atoms with Crippen LogP contribution in [0, 0.1) is 5.92 Å². The van der Waals surface area contributed by atoms with E-state index in [1.165, 1.54) is 0 Å². The van der Waals surface area contributed by atoms with Crippen LogP contribution in [-0.4, -0.2) is 24.4 Å². The van der Waals surface area contributed by atoms with Gasteiger partial charge in [0.25, 0.3) is 0 Å². The van der Waals surface area contributed by atoms with Crippen molar-refractivity contribution >= 4 is 17.3 Å². The molecule has 0 radical (unpaired) electrons. The van der Waals surface area contributed by atoms with Crippen molar-refractivity contribution in [3.8, 4) is 0 Å². The van der Waals surface area contributed by atoms with Gasteiger partial charge in [-0.25, -0.2) is 0 Å². The predicted molar refractivity (Wildman–Crippen MR) is 86.2 cm³/mol. The molecule has 0 aliphatic carbocycles. The highest BCUT2D eigenvalue weighted by Crippen LogP contribution is 2.50. The molecule has 3 atom stereocenters. The van der Waals surface area contributed by atoms with Gasteiger partial charge in [-0.15, -0.1) is 0 Å². The molecule has 0 spiro atoms. The molecule has 0 amide bonds. The van der Waals surface area contributed by atoms with Crippen LogP contribution < -0.4 is 5.32 Å². The Morgan fingerprint density at radius 1 is 1.29 bits per heavy atom. The Hall–Kier alpha value is -0.980. The van der Waals surface area contributed by atoms with E-state index in [-0.39, 0.29) is 29.2 Å². The maximum absolute atomic E-state index is 13.5. The highest BCUT2D eigenvalue weighted by atomic mass is 35.5. The lowest BCUT2D eigenvalue weighted by Gasteiger charge is -2.44. The molecule has 2 heterocycles. The van der Waals surface area contributed by atoms with E-state index in [4.69, 9.17) is 21.4 Å². The number of fused-ring (bicyclic) bond motifs is 3. The maximum atomic E-state index is 13.5. The summed E-state index contributed by atoms with van der Waals surface area (Å²) in [5.41, 5.74) is -0.0924. The lowest BCUT2D eigenvalue weighted by atomic mass is 9.77. The smallest absolute Gasteiger partial charge is 0.396 e. The van der Waals surface area contributed by atoms with E-state index in [0.29, 0.717) is 18.7 Å². The van der Waals surface area contributed by atoms with Crippen LogP contribution in [0.1, 0.15) is 49.3 Å². The molecule has 3 rings (SSSR count). The summed E-state index contributed by atoms with van der Waals surface area (Å²) in [6, 6.07) is 2.58. The molecule has 0 bridgehead atoms. The van der Waals surface area contributed by atoms with Crippen molar-refractivity contribution in [2.75, 3.05) is 18.5 Å². The number of hydrogen-bond donors (Lipinski definition) is 2. The van der Waals surface area contributed by atoms with E-state index < -0.39 is 17.8 Å². The van der Waals surface area contributed by atoms with Crippen LogP contribution in [0.25, 0.3) is 0 Å². The van der Waals surface area contributed by atoms with Crippen LogP contribution >= 0.6 is 11.6 Å². The van der Waals surface area contributed by atoms with Gasteiger partial charge in [0.05, 0.1) is 11.7 Å². The molecule has 2 aliphatic rings. The van der Waals surface area contributed by atoms with Crippen LogP contribution in [0.4, 0.5) is 18.9 Å². The van der Waals surface area contributed by atoms with E-state index in [2.05, 4.69) is 5.32 Å². The van der Waals surface area contributed by atoms with Gasteiger partial charge in [-0.05, 0) is 44.2 Å². The minimum absolute atomic E-state index is 0.00668. The van der Waals surface area contributed by atoms with Crippen molar-refractivity contribution < 1.29 is 23.0 Å². The number of unbranched alkanes of at least 4 members (excludes halogenated alkanes) is 1. The first-order valence-corrected chi connectivity index (χ1v) is 8.69. The summed E-state index contributed by atoms with van der Waals surface area (Å²) in [4.78, 5) is 0. The quantitative estimate of drug-likeness (QED) is 0.756. The average molecular weight is 364 g/mol. The summed E-state index contributed by atoms with van der Waals surface area (Å²) in [6.07, 6.45) is -1.04. The first-order chi connectivity index (χ1) is 11.4. The molecule has 1 saturated heterocycles. The second-order valence-electron chi connectivity index (χ2n) is 6.48. The number of rotatable bonds is 4. The fourth-order valence-corrected chi connectivity index (χ4v) is 4.08. The van der Waals surface area contributed by atoms with Gasteiger partial charge in [-0.3, -0.25) is 0 Å². The maximum Gasteiger partial charge on any atom is 0.416 e. The van der Waals surface area contributed by atoms with Crippen LogP contribution in [0.3, 0.4) is 0 Å². The molecular formula is C17H21ClF3NO2. The molecule has 0 aromatic heterocycles. The summed E-state index contributed by atoms with van der Waals surface area (Å²) in [5, 5.41) is 12.3. The molecule has 1 fully saturated rings. The van der Waals surface area contributed by atoms with E-state index in [1.54, 1.807) is 6.07 Å². The number of nitrogens with one attached hydrogen (secondary N) is 1. The fraction of sp³-hybridized carbons (Fsp3) is 0.647. The normalized spacial score (nSPS) is 26.5. The van der Waals surface area contributed by atoms with Gasteiger partial charge in [0.1, 0.15) is 0 Å². The fourth-order valence-electron chi connectivity index (χ4n) is 3.86. The van der Waals surface area contributed by atoms with Crippen LogP contribution in [0.15, 0.2) is 12.1 Å². The zero-order valence-electron chi connectivity index (χ0n) is 13.2. The van der Waals surface area contributed by atoms with E-state index in [0.717, 1.165) is 31.7 Å². The Balaban J connectivity index is 1.99. The summed E-state index contributed by atoms with van der Waals surface area (Å²) in [7, 11) is 0. The van der Waals surface area contributed by atoms with Gasteiger partial charge < -0.3 is 15.2 Å². The van der Waals surface area contributed by atoms with E-state index >= 15 is 0 Å². The van der Waals surface area contributed by atoms with Crippen molar-refractivity contribution in [3.63, 3.8) is 0 Å². The van der Waals surface area contributed by atoms with Crippen molar-refractivity contribution in [3.05, 3.63) is 28.3 Å². The number of anilines is 1. The first kappa shape index (κ1) is 17.8. The third kappa shape index (κ3) is 3.51. The highest BCUT2D eigenvalue weighted by molar-refractivity contribution is 6.31. The summed E-state index contributed by atoms with van der Waals surface area (Å²) in [6.45, 7) is 0.599. The van der Waals surface area contributed by atoms with Gasteiger partial charge in [-0.1, -0.05) is 11.6 Å². The van der Waals surface area contributed by atoms with Crippen LogP contribution in [-0.2, 0) is 10.9 Å².